The van der Waals surface area contributed by atoms with Crippen LogP contribution in [0.25, 0.3) is 0 Å². The molecule has 0 atom stereocenters. The van der Waals surface area contributed by atoms with Gasteiger partial charge in [-0.2, -0.15) is 0 Å². The largest absolute Gasteiger partial charge is 0.376 e. The number of rotatable bonds is 3. The van der Waals surface area contributed by atoms with Crippen LogP contribution >= 0.6 is 23.1 Å². The van der Waals surface area contributed by atoms with Crippen molar-refractivity contribution in [2.45, 2.75) is 6.54 Å². The smallest absolute Gasteiger partial charge is 0.150 e. The normalized spacial score (nSPS) is 10.4. The fraction of sp³-hybridized carbons (Fsp3) is 0.111. The van der Waals surface area contributed by atoms with E-state index in [4.69, 9.17) is 11.6 Å². The van der Waals surface area contributed by atoms with E-state index >= 15 is 0 Å². The molecule has 1 N–H and O–H groups in total. The molecule has 0 saturated heterocycles. The van der Waals surface area contributed by atoms with Gasteiger partial charge in [-0.3, -0.25) is 0 Å². The lowest BCUT2D eigenvalue weighted by Gasteiger charge is -2.07. The van der Waals surface area contributed by atoms with E-state index in [2.05, 4.69) is 14.9 Å². The average molecular weight is 262 g/mol. The van der Waals surface area contributed by atoms with E-state index in [9.17, 15) is 8.78 Å². The second kappa shape index (κ2) is 4.71. The van der Waals surface area contributed by atoms with Crippen LogP contribution in [-0.2, 0) is 6.54 Å². The van der Waals surface area contributed by atoms with Crippen LogP contribution in [0.1, 0.15) is 5.69 Å². The number of benzene rings is 1. The molecule has 84 valence electrons. The monoisotopic (exact) mass is 261 g/mol. The molecule has 0 unspecified atom stereocenters. The maximum absolute atomic E-state index is 13.3. The van der Waals surface area contributed by atoms with Crippen molar-refractivity contribution in [3.8, 4) is 0 Å². The number of aromatic nitrogens is 2. The van der Waals surface area contributed by atoms with Crippen molar-refractivity contribution in [3.05, 3.63) is 39.9 Å². The molecule has 0 spiro atoms. The van der Waals surface area contributed by atoms with Crippen LogP contribution in [0.15, 0.2) is 17.5 Å². The molecule has 16 heavy (non-hydrogen) atoms. The summed E-state index contributed by atoms with van der Waals surface area (Å²) in [7, 11) is 0. The fourth-order valence-corrected chi connectivity index (χ4v) is 1.86. The Morgan fingerprint density at radius 2 is 2.19 bits per heavy atom. The number of nitrogens with one attached hydrogen (secondary N) is 1. The average Bonchev–Trinajstić information content (AvgIpc) is 2.68. The molecule has 3 nitrogen and oxygen atoms in total. The zero-order valence-corrected chi connectivity index (χ0v) is 9.45. The lowest BCUT2D eigenvalue weighted by atomic mass is 10.3. The summed E-state index contributed by atoms with van der Waals surface area (Å²) in [6.45, 7) is 0.290. The van der Waals surface area contributed by atoms with Crippen molar-refractivity contribution < 1.29 is 8.78 Å². The summed E-state index contributed by atoms with van der Waals surface area (Å²) < 4.78 is 29.7. The topological polar surface area (TPSA) is 37.8 Å². The van der Waals surface area contributed by atoms with Crippen LogP contribution in [0, 0.1) is 11.6 Å². The molecule has 0 aliphatic carbocycles. The Bertz CT molecular complexity index is 466. The summed E-state index contributed by atoms with van der Waals surface area (Å²) in [5, 5.41) is 8.24. The van der Waals surface area contributed by atoms with Gasteiger partial charge in [-0.25, -0.2) is 8.78 Å². The minimum Gasteiger partial charge on any atom is -0.376 e. The molecule has 1 aromatic heterocycles. The van der Waals surface area contributed by atoms with E-state index in [0.29, 0.717) is 12.2 Å². The maximum Gasteiger partial charge on any atom is 0.150 e. The van der Waals surface area contributed by atoms with Crippen LogP contribution < -0.4 is 5.32 Å². The van der Waals surface area contributed by atoms with Gasteiger partial charge in [0.2, 0.25) is 0 Å². The Hall–Kier alpha value is -1.27. The maximum atomic E-state index is 13.3. The van der Waals surface area contributed by atoms with Gasteiger partial charge in [-0.05, 0) is 17.6 Å². The summed E-state index contributed by atoms with van der Waals surface area (Å²) in [5.74, 6) is -1.43. The van der Waals surface area contributed by atoms with Crippen molar-refractivity contribution in [1.82, 2.24) is 9.59 Å². The summed E-state index contributed by atoms with van der Waals surface area (Å²) in [4.78, 5) is 0. The van der Waals surface area contributed by atoms with E-state index in [1.54, 1.807) is 5.38 Å². The molecule has 0 aliphatic rings. The van der Waals surface area contributed by atoms with E-state index < -0.39 is 11.6 Å². The highest BCUT2D eigenvalue weighted by atomic mass is 35.5. The molecule has 0 bridgehead atoms. The Kier molecular flexibility index (Phi) is 3.31. The first-order valence-electron chi connectivity index (χ1n) is 4.31. The summed E-state index contributed by atoms with van der Waals surface area (Å²) in [6, 6.07) is 1.82. The summed E-state index contributed by atoms with van der Waals surface area (Å²) in [5.41, 5.74) is 0.737. The van der Waals surface area contributed by atoms with E-state index in [1.165, 1.54) is 11.5 Å². The van der Waals surface area contributed by atoms with E-state index in [1.807, 2.05) is 0 Å². The SMILES string of the molecule is Fc1cc(F)c(NCc2csnn2)c(Cl)c1. The molecule has 2 aromatic rings. The minimum absolute atomic E-state index is 0.000638. The van der Waals surface area contributed by atoms with Gasteiger partial charge < -0.3 is 5.32 Å². The standard InChI is InChI=1S/C9H6ClF2N3S/c10-7-1-5(11)2-8(12)9(7)13-3-6-4-16-15-14-6/h1-2,4,13H,3H2. The third-order valence-electron chi connectivity index (χ3n) is 1.86. The molecule has 0 amide bonds. The number of hydrogen-bond acceptors (Lipinski definition) is 4. The van der Waals surface area contributed by atoms with E-state index in [-0.39, 0.29) is 10.7 Å². The van der Waals surface area contributed by atoms with Crippen LogP contribution in [0.4, 0.5) is 14.5 Å². The molecule has 1 aromatic carbocycles. The van der Waals surface area contributed by atoms with Gasteiger partial charge in [0.15, 0.2) is 5.82 Å². The number of hydrogen-bond donors (Lipinski definition) is 1. The van der Waals surface area contributed by atoms with Crippen LogP contribution in [0.3, 0.4) is 0 Å². The molecule has 7 heteroatoms. The third-order valence-corrected chi connectivity index (χ3v) is 2.71. The van der Waals surface area contributed by atoms with Gasteiger partial charge >= 0.3 is 0 Å². The predicted molar refractivity (Wildman–Crippen MR) is 58.6 cm³/mol. The van der Waals surface area contributed by atoms with Gasteiger partial charge in [0, 0.05) is 11.4 Å². The zero-order valence-electron chi connectivity index (χ0n) is 7.88. The summed E-state index contributed by atoms with van der Waals surface area (Å²) >= 11 is 6.90. The number of anilines is 1. The molecular weight excluding hydrogens is 256 g/mol. The fourth-order valence-electron chi connectivity index (χ4n) is 1.15. The van der Waals surface area contributed by atoms with Gasteiger partial charge in [0.25, 0.3) is 0 Å². The van der Waals surface area contributed by atoms with Crippen LogP contribution in [-0.4, -0.2) is 9.59 Å². The zero-order chi connectivity index (χ0) is 11.5. The number of halogens is 3. The Balaban J connectivity index is 2.15. The first kappa shape index (κ1) is 11.2. The van der Waals surface area contributed by atoms with Gasteiger partial charge in [0.1, 0.15) is 5.82 Å². The molecule has 0 fully saturated rings. The first-order valence-corrected chi connectivity index (χ1v) is 5.52. The minimum atomic E-state index is -0.729. The Morgan fingerprint density at radius 1 is 1.38 bits per heavy atom. The quantitative estimate of drug-likeness (QED) is 0.923. The molecule has 0 aliphatic heterocycles. The third kappa shape index (κ3) is 2.45. The van der Waals surface area contributed by atoms with Gasteiger partial charge in [-0.1, -0.05) is 16.1 Å². The van der Waals surface area contributed by atoms with Crippen LogP contribution in [0.2, 0.25) is 5.02 Å². The van der Waals surface area contributed by atoms with Crippen molar-refractivity contribution in [2.24, 2.45) is 0 Å². The first-order chi connectivity index (χ1) is 7.66. The number of nitrogens with zero attached hydrogens (tertiary/aromatic N) is 2. The molecule has 2 rings (SSSR count). The van der Waals surface area contributed by atoms with Gasteiger partial charge in [0.05, 0.1) is 22.9 Å². The van der Waals surface area contributed by atoms with Crippen LogP contribution in [0.5, 0.6) is 0 Å². The van der Waals surface area contributed by atoms with Crippen molar-refractivity contribution in [1.29, 1.82) is 0 Å². The molecular formula is C9H6ClF2N3S. The highest BCUT2D eigenvalue weighted by Crippen LogP contribution is 2.26. The van der Waals surface area contributed by atoms with Crippen molar-refractivity contribution in [3.63, 3.8) is 0 Å². The Morgan fingerprint density at radius 3 is 2.81 bits per heavy atom. The van der Waals surface area contributed by atoms with Crippen molar-refractivity contribution in [2.75, 3.05) is 5.32 Å². The van der Waals surface area contributed by atoms with Crippen molar-refractivity contribution >= 4 is 28.8 Å². The second-order valence-electron chi connectivity index (χ2n) is 2.99. The highest BCUT2D eigenvalue weighted by Gasteiger charge is 2.09. The Labute approximate surface area is 99.2 Å². The molecule has 0 saturated carbocycles. The summed E-state index contributed by atoms with van der Waals surface area (Å²) in [6.07, 6.45) is 0. The highest BCUT2D eigenvalue weighted by molar-refractivity contribution is 7.03. The molecule has 1 heterocycles. The lowest BCUT2D eigenvalue weighted by Crippen LogP contribution is -2.03. The lowest BCUT2D eigenvalue weighted by molar-refractivity contribution is 0.585. The second-order valence-corrected chi connectivity index (χ2v) is 4.01. The van der Waals surface area contributed by atoms with Gasteiger partial charge in [-0.15, -0.1) is 5.10 Å². The predicted octanol–water partition coefficient (Wildman–Crippen LogP) is 3.08. The molecule has 0 radical (unpaired) electrons. The van der Waals surface area contributed by atoms with E-state index in [0.717, 1.165) is 12.1 Å².